The van der Waals surface area contributed by atoms with Gasteiger partial charge in [0.05, 0.1) is 5.69 Å². The van der Waals surface area contributed by atoms with E-state index in [0.29, 0.717) is 5.69 Å². The van der Waals surface area contributed by atoms with Crippen LogP contribution in [0.1, 0.15) is 54.8 Å². The van der Waals surface area contributed by atoms with Gasteiger partial charge in [0.1, 0.15) is 11.8 Å². The van der Waals surface area contributed by atoms with Crippen LogP contribution < -0.4 is 10.6 Å². The van der Waals surface area contributed by atoms with Crippen molar-refractivity contribution in [3.63, 3.8) is 0 Å². The number of anilines is 1. The van der Waals surface area contributed by atoms with Crippen LogP contribution in [0.15, 0.2) is 42.5 Å². The molecular weight excluding hydrogens is 324 g/mol. The second-order valence-electron chi connectivity index (χ2n) is 7.35. The maximum Gasteiger partial charge on any atom is 0.247 e. The fourth-order valence-corrected chi connectivity index (χ4v) is 3.51. The summed E-state index contributed by atoms with van der Waals surface area (Å²) in [5.41, 5.74) is 3.59. The summed E-state index contributed by atoms with van der Waals surface area (Å²) in [4.78, 5) is 13.0. The van der Waals surface area contributed by atoms with Gasteiger partial charge in [0.15, 0.2) is 0 Å². The first-order valence-electron chi connectivity index (χ1n) is 9.46. The molecule has 3 N–H and O–H groups in total. The number of aromatic hydroxyl groups is 1. The highest BCUT2D eigenvalue weighted by atomic mass is 16.3. The number of carbonyl (C=O) groups excluding carboxylic acids is 1. The average Bonchev–Trinajstić information content (AvgIpc) is 2.63. The third kappa shape index (κ3) is 4.57. The molecule has 0 bridgehead atoms. The molecule has 0 aromatic heterocycles. The monoisotopic (exact) mass is 352 g/mol. The minimum absolute atomic E-state index is 0.0410. The zero-order chi connectivity index (χ0) is 18.5. The number of hydrogen-bond donors (Lipinski definition) is 3. The lowest BCUT2D eigenvalue weighted by atomic mass is 9.94. The number of rotatable bonds is 5. The Bertz CT molecular complexity index is 749. The van der Waals surface area contributed by atoms with Crippen LogP contribution in [0.25, 0.3) is 0 Å². The van der Waals surface area contributed by atoms with Gasteiger partial charge in [0.25, 0.3) is 0 Å². The van der Waals surface area contributed by atoms with Gasteiger partial charge in [0, 0.05) is 6.04 Å². The Hall–Kier alpha value is -2.49. The van der Waals surface area contributed by atoms with Crippen molar-refractivity contribution >= 4 is 11.6 Å². The number of carbonyl (C=O) groups is 1. The first kappa shape index (κ1) is 18.3. The smallest absolute Gasteiger partial charge is 0.247 e. The summed E-state index contributed by atoms with van der Waals surface area (Å²) in [6.07, 6.45) is 5.69. The van der Waals surface area contributed by atoms with Gasteiger partial charge in [-0.25, -0.2) is 0 Å². The first-order valence-corrected chi connectivity index (χ1v) is 9.46. The van der Waals surface area contributed by atoms with E-state index in [0.717, 1.165) is 29.5 Å². The summed E-state index contributed by atoms with van der Waals surface area (Å²) in [7, 11) is 0. The van der Waals surface area contributed by atoms with Gasteiger partial charge < -0.3 is 15.7 Å². The number of phenolic OH excluding ortho intramolecular Hbond substituents is 1. The summed E-state index contributed by atoms with van der Waals surface area (Å²) < 4.78 is 0. The zero-order valence-corrected chi connectivity index (χ0v) is 15.6. The molecule has 3 rings (SSSR count). The van der Waals surface area contributed by atoms with Crippen LogP contribution in [-0.4, -0.2) is 17.1 Å². The van der Waals surface area contributed by atoms with Crippen LogP contribution in [-0.2, 0) is 4.79 Å². The summed E-state index contributed by atoms with van der Waals surface area (Å²) in [5.74, 6) is 0.119. The third-order valence-corrected chi connectivity index (χ3v) is 5.08. The van der Waals surface area contributed by atoms with E-state index in [1.54, 1.807) is 6.07 Å². The quantitative estimate of drug-likeness (QED) is 0.689. The summed E-state index contributed by atoms with van der Waals surface area (Å²) >= 11 is 0. The number of aryl methyl sites for hydroxylation is 2. The maximum atomic E-state index is 13.0. The Morgan fingerprint density at radius 1 is 1.00 bits per heavy atom. The molecule has 0 heterocycles. The van der Waals surface area contributed by atoms with Crippen molar-refractivity contribution in [2.45, 2.75) is 58.0 Å². The lowest BCUT2D eigenvalue weighted by molar-refractivity contribution is -0.122. The van der Waals surface area contributed by atoms with Gasteiger partial charge in [-0.2, -0.15) is 0 Å². The Morgan fingerprint density at radius 2 is 1.65 bits per heavy atom. The van der Waals surface area contributed by atoms with Crippen LogP contribution >= 0.6 is 0 Å². The molecule has 1 unspecified atom stereocenters. The molecule has 2 aromatic rings. The molecule has 4 heteroatoms. The number of amides is 1. The molecule has 26 heavy (non-hydrogen) atoms. The Balaban J connectivity index is 1.83. The van der Waals surface area contributed by atoms with Crippen LogP contribution in [0.2, 0.25) is 0 Å². The SMILES string of the molecule is Cc1ccc(C(Nc2ccc(C)cc2O)C(=O)NC2CCCCC2)cc1. The summed E-state index contributed by atoms with van der Waals surface area (Å²) in [5, 5.41) is 16.7. The highest BCUT2D eigenvalue weighted by Crippen LogP contribution is 2.29. The van der Waals surface area contributed by atoms with E-state index in [-0.39, 0.29) is 17.7 Å². The lowest BCUT2D eigenvalue weighted by Gasteiger charge is -2.27. The lowest BCUT2D eigenvalue weighted by Crippen LogP contribution is -2.41. The zero-order valence-electron chi connectivity index (χ0n) is 15.6. The molecule has 0 saturated heterocycles. The summed E-state index contributed by atoms with van der Waals surface area (Å²) in [6, 6.07) is 13.1. The number of phenols is 1. The van der Waals surface area contributed by atoms with Crippen molar-refractivity contribution < 1.29 is 9.90 Å². The first-order chi connectivity index (χ1) is 12.5. The topological polar surface area (TPSA) is 61.4 Å². The van der Waals surface area contributed by atoms with Gasteiger partial charge in [-0.05, 0) is 49.9 Å². The second kappa shape index (κ2) is 8.26. The number of nitrogens with one attached hydrogen (secondary N) is 2. The van der Waals surface area contributed by atoms with E-state index in [9.17, 15) is 9.90 Å². The molecule has 2 aromatic carbocycles. The van der Waals surface area contributed by atoms with Crippen molar-refractivity contribution in [1.82, 2.24) is 5.32 Å². The highest BCUT2D eigenvalue weighted by Gasteiger charge is 2.25. The van der Waals surface area contributed by atoms with Crippen molar-refractivity contribution in [3.8, 4) is 5.75 Å². The Kier molecular flexibility index (Phi) is 5.82. The molecule has 1 aliphatic carbocycles. The molecule has 1 aliphatic rings. The normalized spacial score (nSPS) is 16.1. The standard InChI is InChI=1S/C22H28N2O2/c1-15-8-11-17(12-9-15)21(22(26)23-18-6-4-3-5-7-18)24-19-13-10-16(2)14-20(19)25/h8-14,18,21,24-25H,3-7H2,1-2H3,(H,23,26). The van der Waals surface area contributed by atoms with E-state index in [4.69, 9.17) is 0 Å². The van der Waals surface area contributed by atoms with Gasteiger partial charge in [-0.15, -0.1) is 0 Å². The Labute approximate surface area is 155 Å². The number of hydrogen-bond acceptors (Lipinski definition) is 3. The van der Waals surface area contributed by atoms with Crippen molar-refractivity contribution in [1.29, 1.82) is 0 Å². The minimum Gasteiger partial charge on any atom is -0.506 e. The van der Waals surface area contributed by atoms with Crippen LogP contribution in [0.4, 0.5) is 5.69 Å². The predicted molar refractivity (Wildman–Crippen MR) is 105 cm³/mol. The van der Waals surface area contributed by atoms with E-state index in [1.165, 1.54) is 19.3 Å². The molecule has 1 saturated carbocycles. The fraction of sp³-hybridized carbons (Fsp3) is 0.409. The van der Waals surface area contributed by atoms with Crippen LogP contribution in [0, 0.1) is 13.8 Å². The van der Waals surface area contributed by atoms with Crippen LogP contribution in [0.3, 0.4) is 0 Å². The minimum atomic E-state index is -0.536. The molecule has 1 amide bonds. The number of benzene rings is 2. The molecule has 1 fully saturated rings. The second-order valence-corrected chi connectivity index (χ2v) is 7.35. The molecule has 1 atom stereocenters. The Morgan fingerprint density at radius 3 is 2.31 bits per heavy atom. The molecule has 0 radical (unpaired) electrons. The van der Waals surface area contributed by atoms with Gasteiger partial charge >= 0.3 is 0 Å². The van der Waals surface area contributed by atoms with E-state index in [1.807, 2.05) is 50.2 Å². The van der Waals surface area contributed by atoms with Crippen molar-refractivity contribution in [3.05, 3.63) is 59.2 Å². The maximum absolute atomic E-state index is 13.0. The van der Waals surface area contributed by atoms with Crippen molar-refractivity contribution in [2.24, 2.45) is 0 Å². The van der Waals surface area contributed by atoms with Crippen LogP contribution in [0.5, 0.6) is 5.75 Å². The molecule has 0 spiro atoms. The van der Waals surface area contributed by atoms with Gasteiger partial charge in [-0.3, -0.25) is 4.79 Å². The average molecular weight is 352 g/mol. The molecule has 138 valence electrons. The van der Waals surface area contributed by atoms with Gasteiger partial charge in [0.2, 0.25) is 5.91 Å². The third-order valence-electron chi connectivity index (χ3n) is 5.08. The van der Waals surface area contributed by atoms with E-state index in [2.05, 4.69) is 10.6 Å². The highest BCUT2D eigenvalue weighted by molar-refractivity contribution is 5.86. The van der Waals surface area contributed by atoms with Gasteiger partial charge in [-0.1, -0.05) is 55.2 Å². The van der Waals surface area contributed by atoms with E-state index >= 15 is 0 Å². The molecule has 0 aliphatic heterocycles. The van der Waals surface area contributed by atoms with E-state index < -0.39 is 6.04 Å². The van der Waals surface area contributed by atoms with Crippen molar-refractivity contribution in [2.75, 3.05) is 5.32 Å². The predicted octanol–water partition coefficient (Wildman–Crippen LogP) is 4.61. The largest absolute Gasteiger partial charge is 0.506 e. The molecular formula is C22H28N2O2. The summed E-state index contributed by atoms with van der Waals surface area (Å²) in [6.45, 7) is 3.96. The fourth-order valence-electron chi connectivity index (χ4n) is 3.51. The molecule has 4 nitrogen and oxygen atoms in total.